The molecule has 0 fully saturated rings. The molecule has 0 radical (unpaired) electrons. The monoisotopic (exact) mass is 254 g/mol. The zero-order valence-electron chi connectivity index (χ0n) is 9.69. The Morgan fingerprint density at radius 1 is 1.41 bits per heavy atom. The van der Waals surface area contributed by atoms with Gasteiger partial charge >= 0.3 is 5.97 Å². The number of carbonyl (C=O) groups excluding carboxylic acids is 1. The Morgan fingerprint density at radius 3 is 2.76 bits per heavy atom. The molecule has 0 atom stereocenters. The SMILES string of the molecule is CCOC(=O)c1nnc2c(Cl)nc(C)c(C)n12. The average Bonchev–Trinajstić information content (AvgIpc) is 2.71. The minimum Gasteiger partial charge on any atom is -0.460 e. The van der Waals surface area contributed by atoms with Crippen molar-refractivity contribution in [2.24, 2.45) is 0 Å². The molecule has 2 aromatic heterocycles. The molecule has 0 aliphatic carbocycles. The van der Waals surface area contributed by atoms with Crippen molar-refractivity contribution < 1.29 is 9.53 Å². The van der Waals surface area contributed by atoms with E-state index in [-0.39, 0.29) is 17.6 Å². The summed E-state index contributed by atoms with van der Waals surface area (Å²) in [6.45, 7) is 5.63. The summed E-state index contributed by atoms with van der Waals surface area (Å²) in [7, 11) is 0. The van der Waals surface area contributed by atoms with Crippen LogP contribution in [0.5, 0.6) is 0 Å². The van der Waals surface area contributed by atoms with Gasteiger partial charge in [0.25, 0.3) is 0 Å². The lowest BCUT2D eigenvalue weighted by Gasteiger charge is -2.06. The second-order valence-electron chi connectivity index (χ2n) is 3.48. The molecule has 0 saturated carbocycles. The number of hydrogen-bond acceptors (Lipinski definition) is 5. The minimum absolute atomic E-state index is 0.117. The van der Waals surface area contributed by atoms with Crippen LogP contribution < -0.4 is 0 Å². The fourth-order valence-corrected chi connectivity index (χ4v) is 1.75. The summed E-state index contributed by atoms with van der Waals surface area (Å²) in [6, 6.07) is 0. The zero-order chi connectivity index (χ0) is 12.6. The quantitative estimate of drug-likeness (QED) is 0.761. The summed E-state index contributed by atoms with van der Waals surface area (Å²) in [5, 5.41) is 7.85. The van der Waals surface area contributed by atoms with Gasteiger partial charge in [0.2, 0.25) is 5.82 Å². The number of halogens is 1. The van der Waals surface area contributed by atoms with Crippen molar-refractivity contribution in [2.45, 2.75) is 20.8 Å². The Morgan fingerprint density at radius 2 is 2.12 bits per heavy atom. The Kier molecular flexibility index (Phi) is 2.97. The van der Waals surface area contributed by atoms with Gasteiger partial charge in [0.05, 0.1) is 12.3 Å². The minimum atomic E-state index is -0.523. The molecule has 0 saturated heterocycles. The molecule has 2 heterocycles. The molecule has 0 amide bonds. The van der Waals surface area contributed by atoms with Crippen molar-refractivity contribution in [2.75, 3.05) is 6.61 Å². The van der Waals surface area contributed by atoms with E-state index in [1.54, 1.807) is 18.2 Å². The van der Waals surface area contributed by atoms with Gasteiger partial charge in [-0.2, -0.15) is 0 Å². The maximum atomic E-state index is 11.7. The fourth-order valence-electron chi connectivity index (χ4n) is 1.50. The first-order valence-corrected chi connectivity index (χ1v) is 5.49. The summed E-state index contributed by atoms with van der Waals surface area (Å²) in [5.74, 6) is -0.406. The molecule has 0 aromatic carbocycles. The molecule has 0 spiro atoms. The van der Waals surface area contributed by atoms with Crippen LogP contribution in [0.3, 0.4) is 0 Å². The summed E-state index contributed by atoms with van der Waals surface area (Å²) in [6.07, 6.45) is 0. The fraction of sp³-hybridized carbons (Fsp3) is 0.400. The highest BCUT2D eigenvalue weighted by molar-refractivity contribution is 6.32. The highest BCUT2D eigenvalue weighted by Gasteiger charge is 2.20. The van der Waals surface area contributed by atoms with Crippen LogP contribution in [-0.4, -0.2) is 32.2 Å². The van der Waals surface area contributed by atoms with Crippen LogP contribution in [0, 0.1) is 13.8 Å². The Labute approximate surface area is 103 Å². The van der Waals surface area contributed by atoms with Crippen LogP contribution in [0.15, 0.2) is 0 Å². The van der Waals surface area contributed by atoms with Crippen LogP contribution in [0.4, 0.5) is 0 Å². The van der Waals surface area contributed by atoms with Crippen molar-refractivity contribution in [1.29, 1.82) is 0 Å². The van der Waals surface area contributed by atoms with Gasteiger partial charge < -0.3 is 4.74 Å². The number of nitrogens with zero attached hydrogens (tertiary/aromatic N) is 4. The second kappa shape index (κ2) is 4.29. The number of rotatable bonds is 2. The second-order valence-corrected chi connectivity index (χ2v) is 3.83. The molecule has 2 aromatic rings. The zero-order valence-corrected chi connectivity index (χ0v) is 10.4. The van der Waals surface area contributed by atoms with E-state index in [1.807, 2.05) is 6.92 Å². The van der Waals surface area contributed by atoms with Crippen LogP contribution >= 0.6 is 11.6 Å². The third kappa shape index (κ3) is 1.84. The van der Waals surface area contributed by atoms with Crippen LogP contribution in [0.25, 0.3) is 5.65 Å². The Bertz CT molecular complexity index is 593. The van der Waals surface area contributed by atoms with Crippen LogP contribution in [-0.2, 0) is 4.74 Å². The average molecular weight is 255 g/mol. The summed E-state index contributed by atoms with van der Waals surface area (Å²) < 4.78 is 6.46. The summed E-state index contributed by atoms with van der Waals surface area (Å²) in [5.41, 5.74) is 1.84. The van der Waals surface area contributed by atoms with Gasteiger partial charge in [0, 0.05) is 5.69 Å². The number of carbonyl (C=O) groups is 1. The van der Waals surface area contributed by atoms with E-state index >= 15 is 0 Å². The molecule has 0 unspecified atom stereocenters. The molecule has 17 heavy (non-hydrogen) atoms. The van der Waals surface area contributed by atoms with Gasteiger partial charge in [-0.05, 0) is 20.8 Å². The van der Waals surface area contributed by atoms with Gasteiger partial charge in [-0.1, -0.05) is 11.6 Å². The van der Waals surface area contributed by atoms with Gasteiger partial charge in [-0.3, -0.25) is 4.40 Å². The highest BCUT2D eigenvalue weighted by Crippen LogP contribution is 2.18. The van der Waals surface area contributed by atoms with Gasteiger partial charge in [-0.15, -0.1) is 10.2 Å². The molecule has 6 nitrogen and oxygen atoms in total. The highest BCUT2D eigenvalue weighted by atomic mass is 35.5. The largest absolute Gasteiger partial charge is 0.460 e. The molecule has 90 valence electrons. The number of esters is 1. The van der Waals surface area contributed by atoms with Gasteiger partial charge in [0.1, 0.15) is 0 Å². The van der Waals surface area contributed by atoms with Crippen LogP contribution in [0.1, 0.15) is 28.9 Å². The standard InChI is InChI=1S/C10H11ClN4O2/c1-4-17-10(16)9-14-13-8-7(11)12-5(2)6(3)15(8)9/h4H2,1-3H3. The van der Waals surface area contributed by atoms with E-state index in [0.29, 0.717) is 11.3 Å². The molecule has 0 aliphatic heterocycles. The number of aryl methyl sites for hydroxylation is 2. The van der Waals surface area contributed by atoms with E-state index in [9.17, 15) is 4.79 Å². The first kappa shape index (κ1) is 11.8. The molecule has 7 heteroatoms. The Balaban J connectivity index is 2.71. The first-order chi connectivity index (χ1) is 8.06. The molecule has 2 rings (SSSR count). The third-order valence-corrected chi connectivity index (χ3v) is 2.68. The lowest BCUT2D eigenvalue weighted by Crippen LogP contribution is -2.12. The summed E-state index contributed by atoms with van der Waals surface area (Å²) in [4.78, 5) is 15.8. The number of fused-ring (bicyclic) bond motifs is 1. The van der Waals surface area contributed by atoms with E-state index in [0.717, 1.165) is 5.69 Å². The first-order valence-electron chi connectivity index (χ1n) is 5.11. The normalized spacial score (nSPS) is 10.8. The van der Waals surface area contributed by atoms with Gasteiger partial charge in [-0.25, -0.2) is 9.78 Å². The Hall–Kier alpha value is -1.69. The maximum Gasteiger partial charge on any atom is 0.376 e. The molecule has 0 bridgehead atoms. The molecular weight excluding hydrogens is 244 g/mol. The van der Waals surface area contributed by atoms with Crippen molar-refractivity contribution >= 4 is 23.2 Å². The third-order valence-electron chi connectivity index (χ3n) is 2.43. The smallest absolute Gasteiger partial charge is 0.376 e. The van der Waals surface area contributed by atoms with Crippen LogP contribution in [0.2, 0.25) is 5.15 Å². The van der Waals surface area contributed by atoms with Crippen molar-refractivity contribution in [3.63, 3.8) is 0 Å². The molecular formula is C10H11ClN4O2. The number of hydrogen-bond donors (Lipinski definition) is 0. The van der Waals surface area contributed by atoms with Crippen molar-refractivity contribution in [3.8, 4) is 0 Å². The van der Waals surface area contributed by atoms with E-state index in [1.165, 1.54) is 0 Å². The summed E-state index contributed by atoms with van der Waals surface area (Å²) >= 11 is 5.94. The van der Waals surface area contributed by atoms with E-state index in [2.05, 4.69) is 15.2 Å². The number of aromatic nitrogens is 4. The predicted octanol–water partition coefficient (Wildman–Crippen LogP) is 1.57. The lowest BCUT2D eigenvalue weighted by atomic mass is 10.3. The van der Waals surface area contributed by atoms with Crippen molar-refractivity contribution in [3.05, 3.63) is 22.4 Å². The van der Waals surface area contributed by atoms with Gasteiger partial charge in [0.15, 0.2) is 10.8 Å². The molecule has 0 aliphatic rings. The number of ether oxygens (including phenoxy) is 1. The van der Waals surface area contributed by atoms with E-state index in [4.69, 9.17) is 16.3 Å². The topological polar surface area (TPSA) is 69.4 Å². The lowest BCUT2D eigenvalue weighted by molar-refractivity contribution is 0.0510. The molecule has 0 N–H and O–H groups in total. The van der Waals surface area contributed by atoms with Crippen molar-refractivity contribution in [1.82, 2.24) is 19.6 Å². The van der Waals surface area contributed by atoms with E-state index < -0.39 is 5.97 Å². The maximum absolute atomic E-state index is 11.7. The predicted molar refractivity (Wildman–Crippen MR) is 61.2 cm³/mol.